The highest BCUT2D eigenvalue weighted by atomic mass is 32.3. The van der Waals surface area contributed by atoms with E-state index in [1.807, 2.05) is 18.4 Å². The van der Waals surface area contributed by atoms with E-state index in [4.69, 9.17) is 21.4 Å². The molecule has 37 heavy (non-hydrogen) atoms. The molecule has 0 saturated carbocycles. The van der Waals surface area contributed by atoms with Crippen LogP contribution in [-0.2, 0) is 49.0 Å². The lowest BCUT2D eigenvalue weighted by molar-refractivity contribution is -0.676. The molecule has 2 aromatic rings. The molecule has 0 spiro atoms. The lowest BCUT2D eigenvalue weighted by Crippen LogP contribution is -2.79. The monoisotopic (exact) mass is 627 g/mol. The first-order chi connectivity index (χ1) is 16.3. The van der Waals surface area contributed by atoms with Crippen LogP contribution in [0.4, 0.5) is 19.4 Å². The highest BCUT2D eigenvalue weighted by Gasteiger charge is 2.22. The van der Waals surface area contributed by atoms with Gasteiger partial charge >= 0.3 is 31.4 Å². The summed E-state index contributed by atoms with van der Waals surface area (Å²) >= 11 is 0. The summed E-state index contributed by atoms with van der Waals surface area (Å²) in [5.41, 5.74) is 0. The SMILES string of the molecule is CC1=NC=C[NH2+]1.Cc1n(S(=O)(=O)F)cc[n+]1C.Cc1nccn1S(=O)(=O)F.O=S(=O)(F)F.O=S(=O)([O-])F. The fourth-order valence-electron chi connectivity index (χ4n) is 1.75. The fraction of sp³-hybridized carbons (Fsp3) is 0.308. The predicted octanol–water partition coefficient (Wildman–Crippen LogP) is -1.02. The zero-order chi connectivity index (χ0) is 29.8. The molecule has 0 unspecified atom stereocenters. The highest BCUT2D eigenvalue weighted by Crippen LogP contribution is 2.02. The summed E-state index contributed by atoms with van der Waals surface area (Å²) in [5, 5.41) is 1.97. The third kappa shape index (κ3) is 21.0. The van der Waals surface area contributed by atoms with Crippen LogP contribution in [0.2, 0.25) is 0 Å². The Morgan fingerprint density at radius 2 is 1.30 bits per heavy atom. The Bertz CT molecular complexity index is 1470. The van der Waals surface area contributed by atoms with Crippen molar-refractivity contribution in [3.63, 3.8) is 0 Å². The lowest BCUT2D eigenvalue weighted by Gasteiger charge is -1.94. The second kappa shape index (κ2) is 14.8. The summed E-state index contributed by atoms with van der Waals surface area (Å²) in [4.78, 5) is 7.44. The van der Waals surface area contributed by atoms with Crippen LogP contribution in [0.3, 0.4) is 0 Å². The van der Waals surface area contributed by atoms with Crippen LogP contribution in [0.1, 0.15) is 18.6 Å². The maximum Gasteiger partial charge on any atom is 0.480 e. The van der Waals surface area contributed by atoms with Gasteiger partial charge in [-0.05, 0) is 6.92 Å². The Hall–Kier alpha value is -2.80. The number of quaternary nitrogens is 1. The van der Waals surface area contributed by atoms with E-state index in [1.54, 1.807) is 13.2 Å². The van der Waals surface area contributed by atoms with Crippen LogP contribution < -0.4 is 9.88 Å². The van der Waals surface area contributed by atoms with Gasteiger partial charge in [0.25, 0.3) is 16.3 Å². The number of nitrogens with zero attached hydrogens (tertiary/aromatic N) is 5. The van der Waals surface area contributed by atoms with Crippen molar-refractivity contribution in [1.82, 2.24) is 12.9 Å². The van der Waals surface area contributed by atoms with Gasteiger partial charge in [-0.25, -0.2) is 26.9 Å². The van der Waals surface area contributed by atoms with Crippen molar-refractivity contribution < 1.29 is 67.5 Å². The number of amidine groups is 1. The Balaban J connectivity index is 0. The molecular formula is C13H20F5N6O9S4+. The summed E-state index contributed by atoms with van der Waals surface area (Å²) in [6, 6.07) is 0. The number of aryl methyl sites for hydroxylation is 2. The van der Waals surface area contributed by atoms with Gasteiger partial charge in [-0.2, -0.15) is 25.3 Å². The van der Waals surface area contributed by atoms with Crippen molar-refractivity contribution >= 4 is 47.8 Å². The van der Waals surface area contributed by atoms with Crippen LogP contribution in [0.15, 0.2) is 42.2 Å². The molecule has 0 saturated heterocycles. The van der Waals surface area contributed by atoms with Crippen molar-refractivity contribution in [2.75, 3.05) is 0 Å². The average Bonchev–Trinajstić information content (AvgIpc) is 3.35. The van der Waals surface area contributed by atoms with Gasteiger partial charge < -0.3 is 4.55 Å². The lowest BCUT2D eigenvalue weighted by atomic mass is 10.7. The summed E-state index contributed by atoms with van der Waals surface area (Å²) in [5.74, 6) is 1.53. The second-order valence-electron chi connectivity index (χ2n) is 5.96. The van der Waals surface area contributed by atoms with E-state index in [9.17, 15) is 36.3 Å². The maximum atomic E-state index is 12.3. The number of aliphatic imine (C=N–C) groups is 1. The molecular weight excluding hydrogens is 607 g/mol. The molecule has 2 N–H and O–H groups in total. The fourth-order valence-corrected chi connectivity index (χ4v) is 2.95. The number of imidazole rings is 2. The number of halogens is 5. The van der Waals surface area contributed by atoms with Crippen LogP contribution in [0.25, 0.3) is 0 Å². The van der Waals surface area contributed by atoms with Gasteiger partial charge in [0.15, 0.2) is 0 Å². The van der Waals surface area contributed by atoms with E-state index < -0.39 is 41.9 Å². The minimum absolute atomic E-state index is 0.113. The molecule has 24 heteroatoms. The Morgan fingerprint density at radius 3 is 1.43 bits per heavy atom. The van der Waals surface area contributed by atoms with Crippen molar-refractivity contribution in [3.05, 3.63) is 48.8 Å². The number of hydrogen-bond acceptors (Lipinski definition) is 11. The van der Waals surface area contributed by atoms with Gasteiger partial charge in [0.05, 0.1) is 13.2 Å². The first-order valence-corrected chi connectivity index (χ1v) is 13.9. The van der Waals surface area contributed by atoms with E-state index >= 15 is 0 Å². The quantitative estimate of drug-likeness (QED) is 0.185. The summed E-state index contributed by atoms with van der Waals surface area (Å²) < 4.78 is 140. The van der Waals surface area contributed by atoms with E-state index in [1.165, 1.54) is 30.8 Å². The minimum atomic E-state index is -5.67. The normalized spacial score (nSPS) is 12.9. The van der Waals surface area contributed by atoms with Gasteiger partial charge in [0, 0.05) is 26.2 Å². The third-order valence-corrected chi connectivity index (χ3v) is 4.92. The molecule has 0 amide bonds. The second-order valence-corrected chi connectivity index (χ2v) is 9.93. The summed E-state index contributed by atoms with van der Waals surface area (Å²) in [6.07, 6.45) is 8.60. The van der Waals surface area contributed by atoms with Gasteiger partial charge in [-0.15, -0.1) is 3.89 Å². The van der Waals surface area contributed by atoms with Crippen LogP contribution in [-0.4, -0.2) is 57.0 Å². The van der Waals surface area contributed by atoms with Gasteiger partial charge in [-0.1, -0.05) is 19.5 Å². The number of rotatable bonds is 2. The average molecular weight is 628 g/mol. The number of aromatic nitrogens is 4. The Kier molecular flexibility index (Phi) is 14.6. The van der Waals surface area contributed by atoms with Gasteiger partial charge in [-0.3, -0.25) is 5.32 Å². The van der Waals surface area contributed by atoms with Gasteiger partial charge in [0.2, 0.25) is 5.84 Å². The van der Waals surface area contributed by atoms with E-state index in [-0.39, 0.29) is 5.82 Å². The topological polar surface area (TPSA) is 215 Å². The van der Waals surface area contributed by atoms with E-state index in [2.05, 4.69) is 9.98 Å². The van der Waals surface area contributed by atoms with E-state index in [0.29, 0.717) is 13.8 Å². The predicted molar refractivity (Wildman–Crippen MR) is 114 cm³/mol. The molecule has 0 aromatic carbocycles. The number of nitrogens with two attached hydrogens (primary N) is 1. The molecule has 0 aliphatic carbocycles. The van der Waals surface area contributed by atoms with Crippen molar-refractivity contribution in [2.24, 2.45) is 12.0 Å². The smallest absolute Gasteiger partial charge is 0.480 e. The molecule has 3 rings (SSSR count). The number of hydrogen-bond donors (Lipinski definition) is 1. The molecule has 3 heterocycles. The molecule has 0 radical (unpaired) electrons. The third-order valence-electron chi connectivity index (χ3n) is 3.21. The first kappa shape index (κ1) is 36.4. The zero-order valence-electron chi connectivity index (χ0n) is 19.0. The van der Waals surface area contributed by atoms with Crippen molar-refractivity contribution in [3.8, 4) is 0 Å². The summed E-state index contributed by atoms with van der Waals surface area (Å²) in [6.45, 7) is 4.88. The van der Waals surface area contributed by atoms with Crippen LogP contribution in [0.5, 0.6) is 0 Å². The Labute approximate surface area is 209 Å². The standard InChI is InChI=1S/C5H8FN2O2S.C4H5FN2O2S.C4H6N2.F2O2S.FHO3S/c1-5-7(2)3-4-8(5)11(6,9)10;1-4-6-2-3-7(4)10(5,8)9;1-4-5-2-3-6-4;2*1-5(2,3)4/h3-4H,1-2H3;2-3H,1H3;2-3H,1H3,(H,5,6);;(H,2,3,4)/q+1;;;;. The molecule has 15 nitrogen and oxygen atoms in total. The molecule has 0 atom stereocenters. The van der Waals surface area contributed by atoms with E-state index in [0.717, 1.165) is 18.2 Å². The Morgan fingerprint density at radius 1 is 0.865 bits per heavy atom. The highest BCUT2D eigenvalue weighted by molar-refractivity contribution is 7.85. The molecule has 2 aromatic heterocycles. The summed E-state index contributed by atoms with van der Waals surface area (Å²) in [7, 11) is -18.7. The molecule has 1 aliphatic heterocycles. The molecule has 0 fully saturated rings. The van der Waals surface area contributed by atoms with Gasteiger partial charge in [0.1, 0.15) is 24.4 Å². The largest absolute Gasteiger partial charge is 0.722 e. The van der Waals surface area contributed by atoms with Crippen molar-refractivity contribution in [1.29, 1.82) is 0 Å². The van der Waals surface area contributed by atoms with Crippen LogP contribution >= 0.6 is 0 Å². The zero-order valence-corrected chi connectivity index (χ0v) is 22.2. The van der Waals surface area contributed by atoms with Crippen LogP contribution in [0, 0.1) is 13.8 Å². The van der Waals surface area contributed by atoms with Crippen molar-refractivity contribution in [2.45, 2.75) is 20.8 Å². The maximum absolute atomic E-state index is 12.3. The minimum Gasteiger partial charge on any atom is -0.722 e. The first-order valence-electron chi connectivity index (χ1n) is 8.61. The molecule has 214 valence electrons. The molecule has 0 bridgehead atoms. The molecule has 1 aliphatic rings.